The van der Waals surface area contributed by atoms with Gasteiger partial charge in [0.1, 0.15) is 13.7 Å². The highest BCUT2D eigenvalue weighted by atomic mass is 14.9. The fourth-order valence-electron chi connectivity index (χ4n) is 8.46. The first-order valence-corrected chi connectivity index (χ1v) is 15.5. The van der Waals surface area contributed by atoms with Gasteiger partial charge < -0.3 is 5.73 Å². The predicted octanol–water partition coefficient (Wildman–Crippen LogP) is 7.11. The second kappa shape index (κ2) is 10.6. The van der Waals surface area contributed by atoms with Crippen molar-refractivity contribution in [1.29, 1.82) is 5.41 Å². The van der Waals surface area contributed by atoms with E-state index in [9.17, 15) is 0 Å². The lowest BCUT2D eigenvalue weighted by Crippen LogP contribution is -2.49. The van der Waals surface area contributed by atoms with Gasteiger partial charge in [0.2, 0.25) is 0 Å². The van der Waals surface area contributed by atoms with E-state index in [1.165, 1.54) is 54.1 Å². The summed E-state index contributed by atoms with van der Waals surface area (Å²) in [7, 11) is 2.17. The molecule has 0 radical (unpaired) electrons. The van der Waals surface area contributed by atoms with Crippen molar-refractivity contribution < 1.29 is 0 Å². The van der Waals surface area contributed by atoms with Crippen LogP contribution in [0.1, 0.15) is 61.3 Å². The number of amidine groups is 2. The predicted molar refractivity (Wildman–Crippen MR) is 180 cm³/mol. The second-order valence-corrected chi connectivity index (χ2v) is 12.7. The molecule has 208 valence electrons. The van der Waals surface area contributed by atoms with Crippen LogP contribution in [0.4, 0.5) is 0 Å². The van der Waals surface area contributed by atoms with Crippen molar-refractivity contribution in [1.82, 2.24) is 0 Å². The zero-order valence-corrected chi connectivity index (χ0v) is 24.6. The molecule has 7 rings (SSSR count). The lowest BCUT2D eigenvalue weighted by Gasteiger charge is -2.54. The molecular weight excluding hydrogens is 509 g/mol. The minimum Gasteiger partial charge on any atom is -0.383 e. The number of rotatable bonds is 4. The monoisotopic (exact) mass is 547 g/mol. The lowest BCUT2D eigenvalue weighted by atomic mass is 9.49. The molecular formula is C38H38BN3. The van der Waals surface area contributed by atoms with Crippen LogP contribution in [-0.2, 0) is 5.41 Å². The summed E-state index contributed by atoms with van der Waals surface area (Å²) in [4.78, 5) is 4.64. The maximum absolute atomic E-state index is 8.97. The third-order valence-corrected chi connectivity index (χ3v) is 10.3. The summed E-state index contributed by atoms with van der Waals surface area (Å²) in [6.45, 7) is 2.48. The Labute approximate surface area is 249 Å². The molecule has 42 heavy (non-hydrogen) atoms. The van der Waals surface area contributed by atoms with Crippen molar-refractivity contribution in [3.05, 3.63) is 125 Å². The summed E-state index contributed by atoms with van der Waals surface area (Å²) < 4.78 is 0. The molecule has 2 saturated carbocycles. The van der Waals surface area contributed by atoms with Crippen molar-refractivity contribution in [2.24, 2.45) is 28.5 Å². The van der Waals surface area contributed by atoms with Gasteiger partial charge in [-0.2, -0.15) is 0 Å². The molecule has 5 aromatic carbocycles. The Kier molecular flexibility index (Phi) is 6.73. The topological polar surface area (TPSA) is 62.2 Å². The Morgan fingerprint density at radius 3 is 2.19 bits per heavy atom. The number of nitrogens with zero attached hydrogens (tertiary/aromatic N) is 1. The molecule has 5 aromatic rings. The molecule has 0 aliphatic heterocycles. The van der Waals surface area contributed by atoms with Crippen molar-refractivity contribution in [2.45, 2.75) is 44.4 Å². The van der Waals surface area contributed by atoms with Crippen LogP contribution in [0.25, 0.3) is 21.5 Å². The normalized spacial score (nSPS) is 24.1. The highest BCUT2D eigenvalue weighted by Gasteiger charge is 2.51. The van der Waals surface area contributed by atoms with Gasteiger partial charge in [-0.1, -0.05) is 122 Å². The molecule has 4 atom stereocenters. The number of benzene rings is 5. The molecule has 0 saturated heterocycles. The van der Waals surface area contributed by atoms with Gasteiger partial charge in [0.05, 0.1) is 0 Å². The third kappa shape index (κ3) is 4.36. The molecule has 3 N–H and O–H groups in total. The zero-order chi connectivity index (χ0) is 28.8. The zero-order valence-electron chi connectivity index (χ0n) is 24.6. The summed E-state index contributed by atoms with van der Waals surface area (Å²) in [5.74, 6) is 2.63. The first kappa shape index (κ1) is 26.7. The van der Waals surface area contributed by atoms with E-state index in [1.54, 1.807) is 0 Å². The van der Waals surface area contributed by atoms with Crippen molar-refractivity contribution in [3.8, 4) is 0 Å². The van der Waals surface area contributed by atoms with Crippen LogP contribution in [0.5, 0.6) is 0 Å². The number of nitrogens with one attached hydrogen (secondary N) is 1. The van der Waals surface area contributed by atoms with Crippen molar-refractivity contribution in [2.75, 3.05) is 0 Å². The smallest absolute Gasteiger partial charge is 0.154 e. The van der Waals surface area contributed by atoms with Gasteiger partial charge in [-0.15, -0.1) is 0 Å². The molecule has 2 aliphatic rings. The maximum atomic E-state index is 8.97. The summed E-state index contributed by atoms with van der Waals surface area (Å²) in [5.41, 5.74) is 12.4. The highest BCUT2D eigenvalue weighted by molar-refractivity contribution is 6.32. The van der Waals surface area contributed by atoms with Crippen molar-refractivity contribution >= 4 is 46.5 Å². The third-order valence-electron chi connectivity index (χ3n) is 10.3. The van der Waals surface area contributed by atoms with E-state index in [0.29, 0.717) is 17.7 Å². The quantitative estimate of drug-likeness (QED) is 0.107. The van der Waals surface area contributed by atoms with E-state index in [-0.39, 0.29) is 11.3 Å². The molecule has 0 heterocycles. The number of fused-ring (bicyclic) bond motifs is 5. The molecule has 3 nitrogen and oxygen atoms in total. The summed E-state index contributed by atoms with van der Waals surface area (Å²) in [6.07, 6.45) is 6.61. The van der Waals surface area contributed by atoms with Crippen LogP contribution in [0.15, 0.2) is 108 Å². The molecule has 0 amide bonds. The summed E-state index contributed by atoms with van der Waals surface area (Å²) in [5, 5.41) is 13.4. The molecule has 2 aliphatic carbocycles. The van der Waals surface area contributed by atoms with Gasteiger partial charge in [-0.3, -0.25) is 5.41 Å². The largest absolute Gasteiger partial charge is 0.383 e. The van der Waals surface area contributed by atoms with E-state index in [4.69, 9.17) is 11.1 Å². The summed E-state index contributed by atoms with van der Waals surface area (Å²) in [6, 6.07) is 36.8. The second-order valence-electron chi connectivity index (χ2n) is 12.7. The Hall–Kier alpha value is -4.18. The van der Waals surface area contributed by atoms with Gasteiger partial charge in [0, 0.05) is 16.5 Å². The minimum atomic E-state index is 0.00573. The molecule has 2 bridgehead atoms. The van der Waals surface area contributed by atoms with E-state index in [2.05, 4.69) is 105 Å². The van der Waals surface area contributed by atoms with Crippen LogP contribution in [0.3, 0.4) is 0 Å². The Morgan fingerprint density at radius 2 is 1.45 bits per heavy atom. The van der Waals surface area contributed by atoms with Gasteiger partial charge >= 0.3 is 0 Å². The molecule has 0 spiro atoms. The first-order chi connectivity index (χ1) is 20.4. The molecule has 0 aromatic heterocycles. The number of hydrogen-bond donors (Lipinski definition) is 2. The number of aliphatic imine (C=N–C) groups is 1. The number of hydrogen-bond acceptors (Lipinski definition) is 1. The van der Waals surface area contributed by atoms with E-state index in [0.717, 1.165) is 33.2 Å². The van der Waals surface area contributed by atoms with Crippen LogP contribution >= 0.6 is 0 Å². The van der Waals surface area contributed by atoms with Gasteiger partial charge in [0.15, 0.2) is 5.84 Å². The minimum absolute atomic E-state index is 0.00573. The average molecular weight is 548 g/mol. The van der Waals surface area contributed by atoms with E-state index >= 15 is 0 Å². The van der Waals surface area contributed by atoms with Crippen LogP contribution in [-0.4, -0.2) is 19.5 Å². The Balaban J connectivity index is 1.26. The van der Waals surface area contributed by atoms with Crippen LogP contribution in [0, 0.1) is 23.2 Å². The van der Waals surface area contributed by atoms with E-state index < -0.39 is 0 Å². The Bertz CT molecular complexity index is 1820. The highest BCUT2D eigenvalue weighted by Crippen LogP contribution is 2.57. The van der Waals surface area contributed by atoms with Gasteiger partial charge in [-0.05, 0) is 75.8 Å². The van der Waals surface area contributed by atoms with Gasteiger partial charge in [-0.25, -0.2) is 4.99 Å². The van der Waals surface area contributed by atoms with E-state index in [1.807, 2.05) is 18.2 Å². The number of nitrogens with two attached hydrogens (primary N) is 1. The van der Waals surface area contributed by atoms with Crippen molar-refractivity contribution in [3.63, 3.8) is 0 Å². The molecule has 4 unspecified atom stereocenters. The van der Waals surface area contributed by atoms with Crippen LogP contribution < -0.4 is 11.2 Å². The SMILES string of the molecule is Bc1ccc(C2(c3ccc(/C(N)=N/C(=N)c4cc5ccccc5c5ccccc45)cc3)C(C)CC3CCCC2C3)cc1. The fraction of sp³-hybridized carbons (Fsp3) is 0.263. The Morgan fingerprint density at radius 1 is 0.810 bits per heavy atom. The van der Waals surface area contributed by atoms with Gasteiger partial charge in [0.25, 0.3) is 0 Å². The lowest BCUT2D eigenvalue weighted by molar-refractivity contribution is 0.0642. The summed E-state index contributed by atoms with van der Waals surface area (Å²) >= 11 is 0. The molecule has 4 heteroatoms. The van der Waals surface area contributed by atoms with Crippen LogP contribution in [0.2, 0.25) is 0 Å². The first-order valence-electron chi connectivity index (χ1n) is 15.5. The molecule has 2 fully saturated rings. The standard InChI is InChI=1S/C38H38BN3/c1-24-21-25-7-6-9-30(22-25)38(24,29-17-19-31(39)20-18-29)28-15-13-26(14-16-28)36(40)42-37(41)35-23-27-8-2-3-10-32(27)33-11-4-5-12-34(33)35/h2-5,8,10-20,23-25,30H,6-7,9,21-22,39H2,1H3,(H3,40,41,42). The fourth-order valence-corrected chi connectivity index (χ4v) is 8.46. The maximum Gasteiger partial charge on any atom is 0.154 e. The average Bonchev–Trinajstić information content (AvgIpc) is 3.02.